The molecule has 1 aromatic heterocycles. The van der Waals surface area contributed by atoms with E-state index in [1.807, 2.05) is 0 Å². The zero-order chi connectivity index (χ0) is 15.0. The van der Waals surface area contributed by atoms with Crippen LogP contribution in [0, 0.1) is 17.0 Å². The molecule has 9 heteroatoms. The van der Waals surface area contributed by atoms with Crippen LogP contribution in [-0.2, 0) is 16.6 Å². The Bertz CT molecular complexity index is 594. The lowest BCUT2D eigenvalue weighted by Crippen LogP contribution is -2.48. The molecule has 0 aromatic carbocycles. The van der Waals surface area contributed by atoms with Gasteiger partial charge in [0.1, 0.15) is 11.7 Å². The number of imide groups is 1. The van der Waals surface area contributed by atoms with E-state index >= 15 is 0 Å². The highest BCUT2D eigenvalue weighted by Gasteiger charge is 2.34. The molecular formula is C11H15N5O4. The van der Waals surface area contributed by atoms with E-state index in [1.165, 1.54) is 18.7 Å². The van der Waals surface area contributed by atoms with E-state index in [1.54, 1.807) is 7.05 Å². The van der Waals surface area contributed by atoms with Crippen LogP contribution in [0.15, 0.2) is 0 Å². The van der Waals surface area contributed by atoms with Gasteiger partial charge in [0.05, 0.1) is 4.92 Å². The third-order valence-electron chi connectivity index (χ3n) is 3.33. The molecule has 9 nitrogen and oxygen atoms in total. The van der Waals surface area contributed by atoms with E-state index in [9.17, 15) is 19.7 Å². The van der Waals surface area contributed by atoms with Crippen molar-refractivity contribution < 1.29 is 14.5 Å². The number of rotatable bonds is 3. The number of aromatic nitrogens is 2. The number of piperidine rings is 1. The normalized spacial score (nSPS) is 19.4. The Kier molecular flexibility index (Phi) is 3.43. The predicted molar refractivity (Wildman–Crippen MR) is 69.0 cm³/mol. The number of aryl methyl sites for hydroxylation is 2. The Hall–Kier alpha value is -2.45. The molecule has 1 unspecified atom stereocenters. The molecule has 1 saturated heterocycles. The maximum absolute atomic E-state index is 12.0. The molecule has 2 amide bonds. The first-order valence-electron chi connectivity index (χ1n) is 6.08. The molecule has 2 rings (SSSR count). The van der Waals surface area contributed by atoms with Crippen molar-refractivity contribution in [2.75, 3.05) is 12.4 Å². The first kappa shape index (κ1) is 14.0. The molecule has 0 radical (unpaired) electrons. The molecule has 0 bridgehead atoms. The molecule has 20 heavy (non-hydrogen) atoms. The smallest absolute Gasteiger partial charge is 0.333 e. The largest absolute Gasteiger partial charge is 0.353 e. The van der Waals surface area contributed by atoms with E-state index in [2.05, 4.69) is 10.4 Å². The Balaban J connectivity index is 2.29. The van der Waals surface area contributed by atoms with Crippen LogP contribution in [0.2, 0.25) is 0 Å². The molecule has 1 fully saturated rings. The van der Waals surface area contributed by atoms with Crippen molar-refractivity contribution in [3.05, 3.63) is 15.8 Å². The quantitative estimate of drug-likeness (QED) is 0.481. The number of carbonyl (C=O) groups is 2. The second-order valence-electron chi connectivity index (χ2n) is 4.69. The van der Waals surface area contributed by atoms with Crippen molar-refractivity contribution >= 4 is 23.3 Å². The highest BCUT2D eigenvalue weighted by molar-refractivity contribution is 6.01. The van der Waals surface area contributed by atoms with Crippen LogP contribution in [0.5, 0.6) is 0 Å². The summed E-state index contributed by atoms with van der Waals surface area (Å²) in [4.78, 5) is 34.9. The summed E-state index contributed by atoms with van der Waals surface area (Å²) in [7, 11) is 2.96. The molecule has 108 valence electrons. The highest BCUT2D eigenvalue weighted by atomic mass is 16.6. The zero-order valence-electron chi connectivity index (χ0n) is 11.4. The fourth-order valence-corrected chi connectivity index (χ4v) is 2.24. The summed E-state index contributed by atoms with van der Waals surface area (Å²) in [5.41, 5.74) is 0.118. The van der Waals surface area contributed by atoms with E-state index in [0.29, 0.717) is 6.42 Å². The summed E-state index contributed by atoms with van der Waals surface area (Å²) >= 11 is 0. The number of nitrogens with zero attached hydrogens (tertiary/aromatic N) is 4. The molecule has 1 aliphatic rings. The van der Waals surface area contributed by atoms with Crippen LogP contribution < -0.4 is 5.32 Å². The standard InChI is InChI=1S/C11H15N5O4/c1-6-9(16(19)20)10(15(3)13-6)12-7-4-5-8(17)14(2)11(7)18/h7,12H,4-5H2,1-3H3. The van der Waals surface area contributed by atoms with E-state index in [-0.39, 0.29) is 29.5 Å². The third kappa shape index (κ3) is 2.22. The highest BCUT2D eigenvalue weighted by Crippen LogP contribution is 2.29. The lowest BCUT2D eigenvalue weighted by molar-refractivity contribution is -0.384. The van der Waals surface area contributed by atoms with Gasteiger partial charge in [-0.3, -0.25) is 24.6 Å². The van der Waals surface area contributed by atoms with Crippen LogP contribution in [0.1, 0.15) is 18.5 Å². The van der Waals surface area contributed by atoms with Gasteiger partial charge in [-0.2, -0.15) is 5.10 Å². The van der Waals surface area contributed by atoms with Gasteiger partial charge < -0.3 is 5.32 Å². The molecule has 1 aromatic rings. The Labute approximate surface area is 114 Å². The molecule has 0 saturated carbocycles. The number of amides is 2. The van der Waals surface area contributed by atoms with Gasteiger partial charge >= 0.3 is 5.69 Å². The maximum atomic E-state index is 12.0. The van der Waals surface area contributed by atoms with Gasteiger partial charge in [-0.1, -0.05) is 0 Å². The Morgan fingerprint density at radius 3 is 2.65 bits per heavy atom. The minimum atomic E-state index is -0.661. The second-order valence-corrected chi connectivity index (χ2v) is 4.69. The van der Waals surface area contributed by atoms with Crippen molar-refractivity contribution in [3.63, 3.8) is 0 Å². The van der Waals surface area contributed by atoms with Gasteiger partial charge in [0.25, 0.3) is 5.91 Å². The Morgan fingerprint density at radius 2 is 2.05 bits per heavy atom. The summed E-state index contributed by atoms with van der Waals surface area (Å²) in [5, 5.41) is 17.9. The fraction of sp³-hybridized carbons (Fsp3) is 0.545. The van der Waals surface area contributed by atoms with Gasteiger partial charge in [-0.05, 0) is 13.3 Å². The lowest BCUT2D eigenvalue weighted by atomic mass is 10.0. The van der Waals surface area contributed by atoms with Gasteiger partial charge in [0, 0.05) is 20.5 Å². The number of likely N-dealkylation sites (tertiary alicyclic amines) is 1. The summed E-state index contributed by atoms with van der Waals surface area (Å²) in [5.74, 6) is -0.466. The van der Waals surface area contributed by atoms with Crippen molar-refractivity contribution in [2.24, 2.45) is 7.05 Å². The van der Waals surface area contributed by atoms with Gasteiger partial charge in [-0.25, -0.2) is 4.68 Å². The maximum Gasteiger partial charge on any atom is 0.333 e. The molecule has 1 aliphatic heterocycles. The van der Waals surface area contributed by atoms with Crippen molar-refractivity contribution in [2.45, 2.75) is 25.8 Å². The number of nitrogens with one attached hydrogen (secondary N) is 1. The SMILES string of the molecule is Cc1nn(C)c(NC2CCC(=O)N(C)C2=O)c1[N+](=O)[O-]. The summed E-state index contributed by atoms with van der Waals surface area (Å²) in [6, 6.07) is -0.661. The van der Waals surface area contributed by atoms with E-state index in [0.717, 1.165) is 4.90 Å². The van der Waals surface area contributed by atoms with Crippen LogP contribution >= 0.6 is 0 Å². The fourth-order valence-electron chi connectivity index (χ4n) is 2.24. The van der Waals surface area contributed by atoms with Crippen LogP contribution in [-0.4, -0.2) is 44.5 Å². The molecule has 1 atom stereocenters. The van der Waals surface area contributed by atoms with Crippen LogP contribution in [0.4, 0.5) is 11.5 Å². The third-order valence-corrected chi connectivity index (χ3v) is 3.33. The number of carbonyl (C=O) groups excluding carboxylic acids is 2. The average Bonchev–Trinajstić information content (AvgIpc) is 2.65. The van der Waals surface area contributed by atoms with E-state index < -0.39 is 16.9 Å². The first-order chi connectivity index (χ1) is 9.32. The average molecular weight is 281 g/mol. The minimum absolute atomic E-state index is 0.153. The van der Waals surface area contributed by atoms with Gasteiger partial charge in [0.15, 0.2) is 0 Å². The molecule has 1 N–H and O–H groups in total. The summed E-state index contributed by atoms with van der Waals surface area (Å²) in [6.07, 6.45) is 0.536. The number of nitro groups is 1. The molecule has 2 heterocycles. The van der Waals surface area contributed by atoms with Crippen molar-refractivity contribution in [3.8, 4) is 0 Å². The number of hydrogen-bond donors (Lipinski definition) is 1. The van der Waals surface area contributed by atoms with Crippen molar-refractivity contribution in [1.29, 1.82) is 0 Å². The second kappa shape index (κ2) is 4.91. The zero-order valence-corrected chi connectivity index (χ0v) is 11.4. The van der Waals surface area contributed by atoms with Gasteiger partial charge in [-0.15, -0.1) is 0 Å². The lowest BCUT2D eigenvalue weighted by Gasteiger charge is -2.28. The topological polar surface area (TPSA) is 110 Å². The number of hydrogen-bond acceptors (Lipinski definition) is 6. The first-order valence-corrected chi connectivity index (χ1v) is 6.08. The van der Waals surface area contributed by atoms with Crippen LogP contribution in [0.25, 0.3) is 0 Å². The van der Waals surface area contributed by atoms with E-state index in [4.69, 9.17) is 0 Å². The monoisotopic (exact) mass is 281 g/mol. The van der Waals surface area contributed by atoms with Crippen LogP contribution in [0.3, 0.4) is 0 Å². The predicted octanol–water partition coefficient (Wildman–Crippen LogP) is 0.196. The molecular weight excluding hydrogens is 266 g/mol. The Morgan fingerprint density at radius 1 is 1.40 bits per heavy atom. The minimum Gasteiger partial charge on any atom is -0.353 e. The number of likely N-dealkylation sites (N-methyl/N-ethyl adjacent to an activating group) is 1. The summed E-state index contributed by atoms with van der Waals surface area (Å²) < 4.78 is 1.33. The van der Waals surface area contributed by atoms with Crippen molar-refractivity contribution in [1.82, 2.24) is 14.7 Å². The molecule has 0 spiro atoms. The van der Waals surface area contributed by atoms with Gasteiger partial charge in [0.2, 0.25) is 11.7 Å². The number of anilines is 1. The summed E-state index contributed by atoms with van der Waals surface area (Å²) in [6.45, 7) is 1.53. The molecule has 0 aliphatic carbocycles.